The average Bonchev–Trinajstić information content (AvgIpc) is 3.76. The lowest BCUT2D eigenvalue weighted by Gasteiger charge is -2.37. The maximum absolute atomic E-state index is 13.8. The molecule has 0 saturated carbocycles. The van der Waals surface area contributed by atoms with Crippen molar-refractivity contribution in [2.75, 3.05) is 51.7 Å². The lowest BCUT2D eigenvalue weighted by molar-refractivity contribution is -0.141. The highest BCUT2D eigenvalue weighted by Gasteiger charge is 2.38. The van der Waals surface area contributed by atoms with Crippen LogP contribution in [0.2, 0.25) is 5.02 Å². The number of nitrogens with one attached hydrogen (secondary N) is 4. The third-order valence-corrected chi connectivity index (χ3v) is 8.91. The Bertz CT molecular complexity index is 1830. The van der Waals surface area contributed by atoms with Crippen molar-refractivity contribution in [2.45, 2.75) is 25.4 Å². The van der Waals surface area contributed by atoms with Gasteiger partial charge in [0, 0.05) is 61.7 Å². The fraction of sp³-hybridized carbons (Fsp3) is 0.375. The number of H-pyrrole nitrogens is 2. The van der Waals surface area contributed by atoms with Gasteiger partial charge in [-0.2, -0.15) is 18.3 Å². The Morgan fingerprint density at radius 1 is 1.02 bits per heavy atom. The van der Waals surface area contributed by atoms with Crippen LogP contribution in [0.3, 0.4) is 0 Å². The first-order valence-corrected chi connectivity index (χ1v) is 16.0. The first-order chi connectivity index (χ1) is 23.5. The number of aromatic amines is 2. The van der Waals surface area contributed by atoms with Gasteiger partial charge in [0.15, 0.2) is 5.82 Å². The molecule has 5 heterocycles. The predicted octanol–water partition coefficient (Wildman–Crippen LogP) is 4.00. The fourth-order valence-corrected chi connectivity index (χ4v) is 6.22. The smallest absolute Gasteiger partial charge is 0.433 e. The van der Waals surface area contributed by atoms with Crippen LogP contribution in [-0.2, 0) is 17.4 Å². The molecule has 4 N–H and O–H groups in total. The quantitative estimate of drug-likeness (QED) is 0.215. The van der Waals surface area contributed by atoms with Crippen LogP contribution >= 0.6 is 11.6 Å². The molecule has 3 aromatic heterocycles. The zero-order chi connectivity index (χ0) is 34.7. The van der Waals surface area contributed by atoms with Gasteiger partial charge in [-0.05, 0) is 56.3 Å². The monoisotopic (exact) mass is 699 g/mol. The number of carbonyl (C=O) groups excluding carboxylic acids is 3. The van der Waals surface area contributed by atoms with Gasteiger partial charge in [0.25, 0.3) is 11.8 Å². The number of anilines is 1. The molecule has 0 bridgehead atoms. The van der Waals surface area contributed by atoms with Gasteiger partial charge in [0.2, 0.25) is 5.91 Å². The molecular weight excluding hydrogens is 667 g/mol. The molecule has 258 valence electrons. The summed E-state index contributed by atoms with van der Waals surface area (Å²) < 4.78 is 46.6. The summed E-state index contributed by atoms with van der Waals surface area (Å²) in [5.41, 5.74) is -0.274. The SMILES string of the molecule is COc1ccc(-c2n[nH]c(C(F)(F)F)c2Cc2cnc(C(=O)Nc3ccc(C(=O)N4CCN(C(=O)C5CCNCC5)CC4)c(Cl)c3)[nH]2)nc1. The number of hydrogen-bond acceptors (Lipinski definition) is 8. The molecule has 13 nitrogen and oxygen atoms in total. The number of piperazine rings is 1. The number of pyridine rings is 1. The third kappa shape index (κ3) is 7.54. The first kappa shape index (κ1) is 33.9. The molecule has 0 aliphatic carbocycles. The number of benzene rings is 1. The summed E-state index contributed by atoms with van der Waals surface area (Å²) in [5, 5.41) is 12.0. The van der Waals surface area contributed by atoms with Gasteiger partial charge < -0.3 is 30.2 Å². The van der Waals surface area contributed by atoms with Crippen molar-refractivity contribution in [3.63, 3.8) is 0 Å². The summed E-state index contributed by atoms with van der Waals surface area (Å²) in [6, 6.07) is 7.51. The number of ether oxygens (including phenoxy) is 1. The number of piperidine rings is 1. The van der Waals surface area contributed by atoms with Crippen LogP contribution in [0.15, 0.2) is 42.7 Å². The van der Waals surface area contributed by atoms with E-state index in [4.69, 9.17) is 16.3 Å². The lowest BCUT2D eigenvalue weighted by atomic mass is 9.96. The zero-order valence-electron chi connectivity index (χ0n) is 26.4. The molecule has 4 aromatic rings. The van der Waals surface area contributed by atoms with Crippen LogP contribution < -0.4 is 15.4 Å². The van der Waals surface area contributed by atoms with E-state index in [0.717, 1.165) is 25.9 Å². The molecule has 17 heteroatoms. The number of imidazole rings is 1. The summed E-state index contributed by atoms with van der Waals surface area (Å²) in [7, 11) is 1.44. The normalized spacial score (nSPS) is 15.7. The average molecular weight is 700 g/mol. The Hall–Kier alpha value is -4.96. The minimum atomic E-state index is -4.72. The number of rotatable bonds is 8. The number of amides is 3. The highest BCUT2D eigenvalue weighted by atomic mass is 35.5. The Morgan fingerprint density at radius 2 is 1.76 bits per heavy atom. The molecule has 49 heavy (non-hydrogen) atoms. The molecule has 2 fully saturated rings. The van der Waals surface area contributed by atoms with E-state index >= 15 is 0 Å². The van der Waals surface area contributed by atoms with E-state index in [-0.39, 0.29) is 68.9 Å². The highest BCUT2D eigenvalue weighted by molar-refractivity contribution is 6.34. The molecule has 0 radical (unpaired) electrons. The van der Waals surface area contributed by atoms with Crippen molar-refractivity contribution >= 4 is 35.0 Å². The highest BCUT2D eigenvalue weighted by Crippen LogP contribution is 2.36. The predicted molar refractivity (Wildman–Crippen MR) is 172 cm³/mol. The van der Waals surface area contributed by atoms with E-state index in [2.05, 4.69) is 35.8 Å². The van der Waals surface area contributed by atoms with Crippen molar-refractivity contribution in [1.82, 2.24) is 40.3 Å². The van der Waals surface area contributed by atoms with Gasteiger partial charge in [-0.25, -0.2) is 4.98 Å². The molecule has 1 aromatic carbocycles. The molecule has 6 rings (SSSR count). The van der Waals surface area contributed by atoms with Gasteiger partial charge in [-0.15, -0.1) is 0 Å². The zero-order valence-corrected chi connectivity index (χ0v) is 27.1. The van der Waals surface area contributed by atoms with E-state index in [0.29, 0.717) is 31.9 Å². The Kier molecular flexibility index (Phi) is 9.87. The van der Waals surface area contributed by atoms with Crippen LogP contribution in [-0.4, -0.2) is 99.0 Å². The summed E-state index contributed by atoms with van der Waals surface area (Å²) in [4.78, 5) is 53.6. The molecule has 3 amide bonds. The van der Waals surface area contributed by atoms with E-state index < -0.39 is 17.8 Å². The van der Waals surface area contributed by atoms with Crippen molar-refractivity contribution < 1.29 is 32.3 Å². The molecule has 0 atom stereocenters. The molecule has 0 spiro atoms. The Morgan fingerprint density at radius 3 is 2.41 bits per heavy atom. The van der Waals surface area contributed by atoms with E-state index in [1.807, 2.05) is 4.90 Å². The molecule has 2 saturated heterocycles. The summed E-state index contributed by atoms with van der Waals surface area (Å²) in [6.07, 6.45) is -0.736. The number of carbonyl (C=O) groups is 3. The molecule has 2 aliphatic rings. The van der Waals surface area contributed by atoms with Gasteiger partial charge in [0.05, 0.1) is 29.6 Å². The van der Waals surface area contributed by atoms with Crippen LogP contribution in [0.4, 0.5) is 18.9 Å². The van der Waals surface area contributed by atoms with Crippen molar-refractivity contribution in [1.29, 1.82) is 0 Å². The van der Waals surface area contributed by atoms with Gasteiger partial charge in [-0.1, -0.05) is 11.6 Å². The van der Waals surface area contributed by atoms with Crippen LogP contribution in [0.5, 0.6) is 5.75 Å². The Balaban J connectivity index is 1.09. The standard InChI is InChI=1S/C32H33ClF3N9O4/c1-49-21-3-5-25(38-17-21)26-23(27(43-42-26)32(34,35)36)14-20-16-39-28(40-20)29(46)41-19-2-4-22(24(33)15-19)31(48)45-12-10-44(11-13-45)30(47)18-6-8-37-9-7-18/h2-5,15-18,37H,6-14H2,1H3,(H,39,40)(H,41,46)(H,42,43). The second-order valence-corrected chi connectivity index (χ2v) is 12.1. The number of aromatic nitrogens is 5. The topological polar surface area (TPSA) is 161 Å². The van der Waals surface area contributed by atoms with Gasteiger partial charge in [0.1, 0.15) is 17.1 Å². The molecular formula is C32H33ClF3N9O4. The largest absolute Gasteiger partial charge is 0.495 e. The summed E-state index contributed by atoms with van der Waals surface area (Å²) >= 11 is 6.47. The van der Waals surface area contributed by atoms with E-state index in [1.54, 1.807) is 11.0 Å². The number of methoxy groups -OCH3 is 1. The maximum Gasteiger partial charge on any atom is 0.433 e. The third-order valence-electron chi connectivity index (χ3n) is 8.60. The van der Waals surface area contributed by atoms with Crippen LogP contribution in [0.1, 0.15) is 50.8 Å². The van der Waals surface area contributed by atoms with Crippen molar-refractivity contribution in [3.8, 4) is 17.1 Å². The summed E-state index contributed by atoms with van der Waals surface area (Å²) in [6.45, 7) is 3.32. The first-order valence-electron chi connectivity index (χ1n) is 15.6. The van der Waals surface area contributed by atoms with Gasteiger partial charge >= 0.3 is 6.18 Å². The maximum atomic E-state index is 13.8. The second kappa shape index (κ2) is 14.3. The van der Waals surface area contributed by atoms with Crippen LogP contribution in [0, 0.1) is 5.92 Å². The van der Waals surface area contributed by atoms with Crippen molar-refractivity contribution in [2.24, 2.45) is 5.92 Å². The van der Waals surface area contributed by atoms with Crippen LogP contribution in [0.25, 0.3) is 11.4 Å². The van der Waals surface area contributed by atoms with Crippen molar-refractivity contribution in [3.05, 3.63) is 76.1 Å². The number of hydrogen-bond donors (Lipinski definition) is 4. The number of alkyl halides is 3. The van der Waals surface area contributed by atoms with E-state index in [1.165, 1.54) is 43.8 Å². The molecule has 2 aliphatic heterocycles. The lowest BCUT2D eigenvalue weighted by Crippen LogP contribution is -2.52. The fourth-order valence-electron chi connectivity index (χ4n) is 5.96. The number of halogens is 4. The minimum absolute atomic E-state index is 0.00700. The van der Waals surface area contributed by atoms with E-state index in [9.17, 15) is 27.6 Å². The second-order valence-electron chi connectivity index (χ2n) is 11.7. The molecule has 0 unspecified atom stereocenters. The summed E-state index contributed by atoms with van der Waals surface area (Å²) in [5.74, 6) is -0.518. The minimum Gasteiger partial charge on any atom is -0.495 e. The Labute approximate surface area is 283 Å². The number of nitrogens with zero attached hydrogens (tertiary/aromatic N) is 5. The van der Waals surface area contributed by atoms with Gasteiger partial charge in [-0.3, -0.25) is 24.5 Å².